The van der Waals surface area contributed by atoms with Gasteiger partial charge in [0.2, 0.25) is 0 Å². The average molecular weight is 272 g/mol. The van der Waals surface area contributed by atoms with Crippen molar-refractivity contribution >= 4 is 5.69 Å². The molecular formula is C16H20N2O2. The number of hydrogen-bond donors (Lipinski definition) is 1. The maximum atomic E-state index is 11.3. The first-order chi connectivity index (χ1) is 9.57. The van der Waals surface area contributed by atoms with E-state index in [-0.39, 0.29) is 22.1 Å². The number of nitro groups is 1. The van der Waals surface area contributed by atoms with Crippen LogP contribution in [-0.4, -0.2) is 10.5 Å². The van der Waals surface area contributed by atoms with Gasteiger partial charge in [0.15, 0.2) is 0 Å². The van der Waals surface area contributed by atoms with Gasteiger partial charge in [0.05, 0.1) is 4.92 Å². The number of hydrogen-bond acceptors (Lipinski definition) is 3. The van der Waals surface area contributed by atoms with Crippen molar-refractivity contribution in [2.24, 2.45) is 23.5 Å². The Morgan fingerprint density at radius 1 is 1.15 bits per heavy atom. The van der Waals surface area contributed by atoms with Gasteiger partial charge in [-0.15, -0.1) is 0 Å². The smallest absolute Gasteiger partial charge is 0.272 e. The Morgan fingerprint density at radius 2 is 1.80 bits per heavy atom. The van der Waals surface area contributed by atoms with E-state index in [1.165, 1.54) is 19.3 Å². The zero-order valence-electron chi connectivity index (χ0n) is 11.5. The molecule has 4 saturated carbocycles. The standard InChI is InChI=1S/C16H20N2O2/c17-16-8-10-5-11(9-16)7-12(6-10)15(16)13-3-1-2-4-14(13)18(19)20/h1-4,10-12,15H,5-9,17H2. The van der Waals surface area contributed by atoms with Crippen LogP contribution in [0.2, 0.25) is 0 Å². The van der Waals surface area contributed by atoms with E-state index in [1.807, 2.05) is 12.1 Å². The van der Waals surface area contributed by atoms with E-state index in [4.69, 9.17) is 5.73 Å². The minimum atomic E-state index is -0.246. The zero-order valence-corrected chi connectivity index (χ0v) is 11.5. The van der Waals surface area contributed by atoms with Gasteiger partial charge in [0.25, 0.3) is 5.69 Å². The molecular weight excluding hydrogens is 252 g/mol. The number of para-hydroxylation sites is 1. The molecule has 3 atom stereocenters. The summed E-state index contributed by atoms with van der Waals surface area (Å²) in [6.07, 6.45) is 5.87. The lowest BCUT2D eigenvalue weighted by molar-refractivity contribution is -0.386. The summed E-state index contributed by atoms with van der Waals surface area (Å²) in [5.74, 6) is 2.25. The number of nitro benzene ring substituents is 1. The maximum absolute atomic E-state index is 11.3. The third kappa shape index (κ3) is 1.64. The normalized spacial score (nSPS) is 41.9. The van der Waals surface area contributed by atoms with Crippen molar-refractivity contribution < 1.29 is 4.92 Å². The van der Waals surface area contributed by atoms with Crippen molar-refractivity contribution in [2.75, 3.05) is 0 Å². The van der Waals surface area contributed by atoms with Crippen molar-refractivity contribution in [1.82, 2.24) is 0 Å². The molecule has 4 aliphatic carbocycles. The first-order valence-corrected chi connectivity index (χ1v) is 7.59. The van der Waals surface area contributed by atoms with Gasteiger partial charge in [-0.05, 0) is 49.9 Å². The van der Waals surface area contributed by atoms with E-state index in [2.05, 4.69) is 0 Å². The molecule has 1 aromatic rings. The fraction of sp³-hybridized carbons (Fsp3) is 0.625. The van der Waals surface area contributed by atoms with E-state index >= 15 is 0 Å². The lowest BCUT2D eigenvalue weighted by Gasteiger charge is -2.59. The van der Waals surface area contributed by atoms with Gasteiger partial charge in [-0.25, -0.2) is 0 Å². The minimum absolute atomic E-state index is 0.178. The molecule has 106 valence electrons. The van der Waals surface area contributed by atoms with Crippen LogP contribution in [0.25, 0.3) is 0 Å². The summed E-state index contributed by atoms with van der Waals surface area (Å²) >= 11 is 0. The van der Waals surface area contributed by atoms with Crippen molar-refractivity contribution in [3.05, 3.63) is 39.9 Å². The summed E-state index contributed by atoms with van der Waals surface area (Å²) in [5.41, 5.74) is 7.67. The van der Waals surface area contributed by atoms with Crippen LogP contribution in [-0.2, 0) is 0 Å². The third-order valence-corrected chi connectivity index (χ3v) is 5.84. The Kier molecular flexibility index (Phi) is 2.49. The summed E-state index contributed by atoms with van der Waals surface area (Å²) in [5, 5.41) is 11.3. The number of nitrogens with two attached hydrogens (primary N) is 1. The van der Waals surface area contributed by atoms with Crippen molar-refractivity contribution in [2.45, 2.75) is 43.6 Å². The highest BCUT2D eigenvalue weighted by atomic mass is 16.6. The summed E-state index contributed by atoms with van der Waals surface area (Å²) < 4.78 is 0. The summed E-state index contributed by atoms with van der Waals surface area (Å²) in [6, 6.07) is 7.22. The summed E-state index contributed by atoms with van der Waals surface area (Å²) in [6.45, 7) is 0. The molecule has 4 aliphatic rings. The van der Waals surface area contributed by atoms with Gasteiger partial charge < -0.3 is 5.73 Å². The second-order valence-electron chi connectivity index (χ2n) is 7.13. The SMILES string of the molecule is NC12CC3CC(CC(C3)C1c1ccccc1[N+](=O)[O-])C2. The van der Waals surface area contributed by atoms with Crippen molar-refractivity contribution in [3.63, 3.8) is 0 Å². The Labute approximate surface area is 118 Å². The van der Waals surface area contributed by atoms with E-state index in [0.717, 1.165) is 30.2 Å². The highest BCUT2D eigenvalue weighted by molar-refractivity contribution is 5.45. The summed E-state index contributed by atoms with van der Waals surface area (Å²) in [7, 11) is 0. The fourth-order valence-corrected chi connectivity index (χ4v) is 5.58. The molecule has 0 heterocycles. The largest absolute Gasteiger partial charge is 0.325 e. The number of nitrogens with zero attached hydrogens (tertiary/aromatic N) is 1. The molecule has 1 aromatic carbocycles. The predicted molar refractivity (Wildman–Crippen MR) is 76.3 cm³/mol. The molecule has 0 amide bonds. The van der Waals surface area contributed by atoms with Crippen molar-refractivity contribution in [1.29, 1.82) is 0 Å². The van der Waals surface area contributed by atoms with Gasteiger partial charge in [-0.1, -0.05) is 18.2 Å². The second kappa shape index (κ2) is 4.04. The topological polar surface area (TPSA) is 69.2 Å². The van der Waals surface area contributed by atoms with Crippen LogP contribution in [0.1, 0.15) is 43.6 Å². The molecule has 4 heteroatoms. The first kappa shape index (κ1) is 12.3. The van der Waals surface area contributed by atoms with E-state index in [0.29, 0.717) is 5.92 Å². The molecule has 5 rings (SSSR count). The third-order valence-electron chi connectivity index (χ3n) is 5.84. The number of benzene rings is 1. The molecule has 2 N–H and O–H groups in total. The second-order valence-corrected chi connectivity index (χ2v) is 7.13. The Morgan fingerprint density at radius 3 is 2.40 bits per heavy atom. The molecule has 4 bridgehead atoms. The Hall–Kier alpha value is -1.42. The van der Waals surface area contributed by atoms with Crippen LogP contribution in [0.5, 0.6) is 0 Å². The highest BCUT2D eigenvalue weighted by Crippen LogP contribution is 2.61. The Bertz CT molecular complexity index is 557. The number of rotatable bonds is 2. The van der Waals surface area contributed by atoms with Crippen LogP contribution < -0.4 is 5.73 Å². The maximum Gasteiger partial charge on any atom is 0.272 e. The van der Waals surface area contributed by atoms with Crippen LogP contribution in [0.3, 0.4) is 0 Å². The predicted octanol–water partition coefficient (Wildman–Crippen LogP) is 3.22. The van der Waals surface area contributed by atoms with Crippen LogP contribution in [0, 0.1) is 27.9 Å². The van der Waals surface area contributed by atoms with Gasteiger partial charge in [0.1, 0.15) is 0 Å². The summed E-state index contributed by atoms with van der Waals surface area (Å²) in [4.78, 5) is 11.1. The van der Waals surface area contributed by atoms with Gasteiger partial charge in [-0.3, -0.25) is 10.1 Å². The van der Waals surface area contributed by atoms with Gasteiger partial charge >= 0.3 is 0 Å². The van der Waals surface area contributed by atoms with Crippen molar-refractivity contribution in [3.8, 4) is 0 Å². The minimum Gasteiger partial charge on any atom is -0.325 e. The van der Waals surface area contributed by atoms with Crippen LogP contribution in [0.15, 0.2) is 24.3 Å². The molecule has 0 saturated heterocycles. The molecule has 0 radical (unpaired) electrons. The van der Waals surface area contributed by atoms with E-state index < -0.39 is 0 Å². The van der Waals surface area contributed by atoms with E-state index in [9.17, 15) is 10.1 Å². The lowest BCUT2D eigenvalue weighted by atomic mass is 9.47. The molecule has 0 aromatic heterocycles. The average Bonchev–Trinajstić information content (AvgIpc) is 2.36. The molecule has 0 aliphatic heterocycles. The highest BCUT2D eigenvalue weighted by Gasteiger charge is 2.56. The van der Waals surface area contributed by atoms with Gasteiger partial charge in [-0.2, -0.15) is 0 Å². The van der Waals surface area contributed by atoms with E-state index in [1.54, 1.807) is 12.1 Å². The Balaban J connectivity index is 1.81. The first-order valence-electron chi connectivity index (χ1n) is 7.59. The fourth-order valence-electron chi connectivity index (χ4n) is 5.58. The van der Waals surface area contributed by atoms with Crippen LogP contribution >= 0.6 is 0 Å². The molecule has 20 heavy (non-hydrogen) atoms. The zero-order chi connectivity index (χ0) is 13.9. The lowest BCUT2D eigenvalue weighted by Crippen LogP contribution is -2.60. The van der Waals surface area contributed by atoms with Crippen LogP contribution in [0.4, 0.5) is 5.69 Å². The molecule has 3 unspecified atom stereocenters. The monoisotopic (exact) mass is 272 g/mol. The molecule has 0 spiro atoms. The van der Waals surface area contributed by atoms with Gasteiger partial charge in [0, 0.05) is 23.1 Å². The quantitative estimate of drug-likeness (QED) is 0.664. The molecule has 4 fully saturated rings. The molecule has 4 nitrogen and oxygen atoms in total.